The Morgan fingerprint density at radius 1 is 1.04 bits per heavy atom. The van der Waals surface area contributed by atoms with E-state index in [-0.39, 0.29) is 6.04 Å². The Labute approximate surface area is 138 Å². The molecule has 1 aromatic heterocycles. The number of nitrogens with one attached hydrogen (secondary N) is 1. The van der Waals surface area contributed by atoms with Crippen molar-refractivity contribution in [2.24, 2.45) is 5.73 Å². The number of nitrogens with two attached hydrogens (primary N) is 1. The molecule has 2 heterocycles. The van der Waals surface area contributed by atoms with Gasteiger partial charge in [0, 0.05) is 0 Å². The lowest BCUT2D eigenvalue weighted by atomic mass is 9.96. The first kappa shape index (κ1) is 14.0. The molecule has 1 aliphatic heterocycles. The van der Waals surface area contributed by atoms with Gasteiger partial charge >= 0.3 is 0 Å². The second-order valence-electron chi connectivity index (χ2n) is 5.47. The van der Waals surface area contributed by atoms with E-state index in [1.807, 2.05) is 42.5 Å². The zero-order chi connectivity index (χ0) is 16.5. The maximum atomic E-state index is 9.50. The molecular weight excluding hydrogens is 300 g/mol. The summed E-state index contributed by atoms with van der Waals surface area (Å²) in [7, 11) is 0. The molecular formula is C18H14N6. The molecule has 116 valence electrons. The molecule has 24 heavy (non-hydrogen) atoms. The first-order valence-corrected chi connectivity index (χ1v) is 7.50. The Morgan fingerprint density at radius 3 is 2.46 bits per heavy atom. The number of hydrogen-bond donors (Lipinski definition) is 2. The van der Waals surface area contributed by atoms with Crippen LogP contribution in [0.2, 0.25) is 0 Å². The largest absolute Gasteiger partial charge is 0.383 e. The second-order valence-corrected chi connectivity index (χ2v) is 5.47. The molecule has 3 aromatic rings. The number of anilines is 1. The molecule has 1 atom stereocenters. The Kier molecular flexibility index (Phi) is 3.25. The van der Waals surface area contributed by atoms with Gasteiger partial charge < -0.3 is 11.1 Å². The first-order chi connectivity index (χ1) is 11.8. The van der Waals surface area contributed by atoms with Crippen molar-refractivity contribution in [3.63, 3.8) is 0 Å². The van der Waals surface area contributed by atoms with Crippen LogP contribution < -0.4 is 11.1 Å². The van der Waals surface area contributed by atoms with E-state index in [0.717, 1.165) is 16.7 Å². The summed E-state index contributed by atoms with van der Waals surface area (Å²) in [5, 5.41) is 16.7. The van der Waals surface area contributed by atoms with Gasteiger partial charge in [0.2, 0.25) is 5.95 Å². The van der Waals surface area contributed by atoms with Crippen molar-refractivity contribution < 1.29 is 0 Å². The Morgan fingerprint density at radius 2 is 1.75 bits per heavy atom. The SMILES string of the molecule is N#CC1=C(N)n2ncnc2NC1c1ccc(-c2ccccc2)cc1. The Hall–Kier alpha value is -3.59. The minimum atomic E-state index is -0.337. The van der Waals surface area contributed by atoms with Gasteiger partial charge in [-0.15, -0.1) is 0 Å². The third kappa shape index (κ3) is 2.20. The Balaban J connectivity index is 1.72. The minimum Gasteiger partial charge on any atom is -0.383 e. The molecule has 2 aromatic carbocycles. The van der Waals surface area contributed by atoms with Gasteiger partial charge in [-0.3, -0.25) is 0 Å². The van der Waals surface area contributed by atoms with Crippen LogP contribution in [0.4, 0.5) is 5.95 Å². The maximum absolute atomic E-state index is 9.50. The number of aromatic nitrogens is 3. The number of benzene rings is 2. The molecule has 1 unspecified atom stereocenters. The van der Waals surface area contributed by atoms with Crippen LogP contribution in [0.25, 0.3) is 16.9 Å². The summed E-state index contributed by atoms with van der Waals surface area (Å²) in [4.78, 5) is 4.13. The summed E-state index contributed by atoms with van der Waals surface area (Å²) in [6.45, 7) is 0. The van der Waals surface area contributed by atoms with Crippen molar-refractivity contribution in [2.75, 3.05) is 5.32 Å². The lowest BCUT2D eigenvalue weighted by Gasteiger charge is -2.25. The Bertz CT molecular complexity index is 947. The summed E-state index contributed by atoms with van der Waals surface area (Å²) in [5.74, 6) is 0.838. The van der Waals surface area contributed by atoms with Crippen LogP contribution in [0.1, 0.15) is 11.6 Å². The second kappa shape index (κ2) is 5.56. The molecule has 6 heteroatoms. The van der Waals surface area contributed by atoms with E-state index in [0.29, 0.717) is 17.3 Å². The van der Waals surface area contributed by atoms with Crippen molar-refractivity contribution in [3.8, 4) is 17.2 Å². The summed E-state index contributed by atoms with van der Waals surface area (Å²) in [6.07, 6.45) is 1.41. The molecule has 0 spiro atoms. The lowest BCUT2D eigenvalue weighted by molar-refractivity contribution is 0.795. The predicted octanol–water partition coefficient (Wildman–Crippen LogP) is 2.76. The van der Waals surface area contributed by atoms with E-state index in [2.05, 4.69) is 33.6 Å². The number of fused-ring (bicyclic) bond motifs is 1. The fourth-order valence-electron chi connectivity index (χ4n) is 2.85. The monoisotopic (exact) mass is 314 g/mol. The highest BCUT2D eigenvalue weighted by atomic mass is 15.4. The van der Waals surface area contributed by atoms with Gasteiger partial charge in [0.25, 0.3) is 0 Å². The normalized spacial score (nSPS) is 16.2. The summed E-state index contributed by atoms with van der Waals surface area (Å²) < 4.78 is 1.44. The molecule has 0 amide bonds. The zero-order valence-electron chi connectivity index (χ0n) is 12.7. The summed E-state index contributed by atoms with van der Waals surface area (Å²) >= 11 is 0. The molecule has 0 aliphatic carbocycles. The van der Waals surface area contributed by atoms with Crippen molar-refractivity contribution in [1.82, 2.24) is 14.8 Å². The topological polar surface area (TPSA) is 92.5 Å². The van der Waals surface area contributed by atoms with Crippen LogP contribution in [-0.2, 0) is 0 Å². The smallest absolute Gasteiger partial charge is 0.228 e. The van der Waals surface area contributed by atoms with Gasteiger partial charge in [-0.05, 0) is 16.7 Å². The average Bonchev–Trinajstić information content (AvgIpc) is 3.11. The van der Waals surface area contributed by atoms with Crippen molar-refractivity contribution in [2.45, 2.75) is 6.04 Å². The van der Waals surface area contributed by atoms with Crippen molar-refractivity contribution in [3.05, 3.63) is 72.1 Å². The highest BCUT2D eigenvalue weighted by Gasteiger charge is 2.28. The number of rotatable bonds is 2. The van der Waals surface area contributed by atoms with Gasteiger partial charge in [0.15, 0.2) is 0 Å². The molecule has 6 nitrogen and oxygen atoms in total. The summed E-state index contributed by atoms with van der Waals surface area (Å²) in [5.41, 5.74) is 9.72. The van der Waals surface area contributed by atoms with Crippen molar-refractivity contribution in [1.29, 1.82) is 5.26 Å². The molecule has 3 N–H and O–H groups in total. The van der Waals surface area contributed by atoms with E-state index in [1.165, 1.54) is 11.0 Å². The van der Waals surface area contributed by atoms with Crippen LogP contribution in [0.5, 0.6) is 0 Å². The van der Waals surface area contributed by atoms with Gasteiger partial charge in [-0.2, -0.15) is 20.0 Å². The highest BCUT2D eigenvalue weighted by molar-refractivity contribution is 5.67. The fourth-order valence-corrected chi connectivity index (χ4v) is 2.85. The van der Waals surface area contributed by atoms with E-state index in [9.17, 15) is 5.26 Å². The van der Waals surface area contributed by atoms with Gasteiger partial charge in [-0.1, -0.05) is 54.6 Å². The molecule has 0 saturated heterocycles. The predicted molar refractivity (Wildman–Crippen MR) is 91.3 cm³/mol. The fraction of sp³-hybridized carbons (Fsp3) is 0.0556. The van der Waals surface area contributed by atoms with Gasteiger partial charge in [0.1, 0.15) is 18.2 Å². The lowest BCUT2D eigenvalue weighted by Crippen LogP contribution is -2.27. The molecule has 4 rings (SSSR count). The molecule has 0 saturated carbocycles. The van der Waals surface area contributed by atoms with Crippen LogP contribution in [0.15, 0.2) is 66.5 Å². The third-order valence-electron chi connectivity index (χ3n) is 4.09. The van der Waals surface area contributed by atoms with Gasteiger partial charge in [-0.25, -0.2) is 0 Å². The quantitative estimate of drug-likeness (QED) is 0.758. The minimum absolute atomic E-state index is 0.306. The number of nitrogens with zero attached hydrogens (tertiary/aromatic N) is 4. The molecule has 0 bridgehead atoms. The van der Waals surface area contributed by atoms with E-state index < -0.39 is 0 Å². The number of hydrogen-bond acceptors (Lipinski definition) is 5. The highest BCUT2D eigenvalue weighted by Crippen LogP contribution is 2.33. The van der Waals surface area contributed by atoms with E-state index in [1.54, 1.807) is 0 Å². The molecule has 0 radical (unpaired) electrons. The third-order valence-corrected chi connectivity index (χ3v) is 4.09. The maximum Gasteiger partial charge on any atom is 0.228 e. The van der Waals surface area contributed by atoms with E-state index >= 15 is 0 Å². The van der Waals surface area contributed by atoms with Crippen LogP contribution in [0, 0.1) is 11.3 Å². The first-order valence-electron chi connectivity index (χ1n) is 7.50. The van der Waals surface area contributed by atoms with Crippen molar-refractivity contribution >= 4 is 11.8 Å². The van der Waals surface area contributed by atoms with Crippen LogP contribution >= 0.6 is 0 Å². The average molecular weight is 314 g/mol. The van der Waals surface area contributed by atoms with E-state index in [4.69, 9.17) is 5.73 Å². The molecule has 0 fully saturated rings. The van der Waals surface area contributed by atoms with Crippen LogP contribution in [-0.4, -0.2) is 14.8 Å². The standard InChI is InChI=1S/C18H14N6/c19-10-15-16(23-18-21-11-22-24(18)17(15)20)14-8-6-13(7-9-14)12-4-2-1-3-5-12/h1-9,11,16H,20H2,(H,21,22,23). The number of nitriles is 1. The summed E-state index contributed by atoms with van der Waals surface area (Å²) in [6, 6.07) is 20.1. The molecule has 1 aliphatic rings. The zero-order valence-corrected chi connectivity index (χ0v) is 12.7. The van der Waals surface area contributed by atoms with Gasteiger partial charge in [0.05, 0.1) is 11.6 Å². The van der Waals surface area contributed by atoms with Crippen LogP contribution in [0.3, 0.4) is 0 Å².